The molecule has 5 rings (SSSR count). The summed E-state index contributed by atoms with van der Waals surface area (Å²) in [5.74, 6) is -7.08. The molecule has 2 aromatic rings. The molecule has 8 N–H and O–H groups in total. The minimum Gasteiger partial charge on any atom is -0.508 e. The summed E-state index contributed by atoms with van der Waals surface area (Å²) in [7, 11) is 6.69. The lowest BCUT2D eigenvalue weighted by atomic mass is 9.57. The summed E-state index contributed by atoms with van der Waals surface area (Å²) in [6.07, 6.45) is 0.174. The standard InChI is InChI=1S/C30H33N5O7S/c1-34(2)18-12-17(33-29(43)32-14-8-6-5-7-9-14)23(36)20-15(18)10-13-11-16-22(35(3)4)25(38)21(28(31)41)27(40)30(16,42)26(39)19(13)24(20)37/h5-9,12-13,16,22,36-37,40,42H,10-11H2,1-4H3,(H2,31,41)(H2,32,33,43)/t13?,16?,22-,30-/m0/s1. The van der Waals surface area contributed by atoms with E-state index in [2.05, 4.69) is 10.6 Å². The molecule has 0 heterocycles. The van der Waals surface area contributed by atoms with Crippen LogP contribution in [0.25, 0.3) is 5.76 Å². The minimum atomic E-state index is -2.71. The van der Waals surface area contributed by atoms with Crippen LogP contribution in [-0.2, 0) is 20.8 Å². The fourth-order valence-corrected chi connectivity index (χ4v) is 6.82. The number of nitrogens with two attached hydrogens (primary N) is 1. The van der Waals surface area contributed by atoms with Crippen LogP contribution in [0.5, 0.6) is 5.75 Å². The van der Waals surface area contributed by atoms with Crippen LogP contribution in [-0.4, -0.2) is 87.7 Å². The predicted octanol–water partition coefficient (Wildman–Crippen LogP) is 1.84. The molecule has 226 valence electrons. The average molecular weight is 608 g/mol. The molecule has 1 amide bonds. The van der Waals surface area contributed by atoms with Crippen molar-refractivity contribution in [1.82, 2.24) is 4.90 Å². The number of para-hydroxylation sites is 1. The van der Waals surface area contributed by atoms with Gasteiger partial charge in [-0.05, 0) is 68.8 Å². The van der Waals surface area contributed by atoms with E-state index in [0.29, 0.717) is 16.9 Å². The molecule has 12 nitrogen and oxygen atoms in total. The van der Waals surface area contributed by atoms with E-state index in [9.17, 15) is 34.8 Å². The fraction of sp³-hybridized carbons (Fsp3) is 0.333. The van der Waals surface area contributed by atoms with Gasteiger partial charge in [-0.25, -0.2) is 0 Å². The van der Waals surface area contributed by atoms with Crippen LogP contribution in [0.15, 0.2) is 53.3 Å². The van der Waals surface area contributed by atoms with Crippen LogP contribution >= 0.6 is 12.2 Å². The van der Waals surface area contributed by atoms with E-state index < -0.39 is 58.0 Å². The Kier molecular flexibility index (Phi) is 7.45. The number of primary amides is 1. The monoisotopic (exact) mass is 607 g/mol. The van der Waals surface area contributed by atoms with E-state index in [1.165, 1.54) is 4.90 Å². The quantitative estimate of drug-likeness (QED) is 0.149. The number of nitrogens with zero attached hydrogens (tertiary/aromatic N) is 2. The Balaban J connectivity index is 1.65. The highest BCUT2D eigenvalue weighted by molar-refractivity contribution is 7.80. The summed E-state index contributed by atoms with van der Waals surface area (Å²) in [5.41, 5.74) is 3.59. The Morgan fingerprint density at radius 1 is 1.07 bits per heavy atom. The molecule has 1 saturated carbocycles. The van der Waals surface area contributed by atoms with Gasteiger partial charge in [-0.15, -0.1) is 0 Å². The van der Waals surface area contributed by atoms with E-state index in [0.717, 1.165) is 0 Å². The van der Waals surface area contributed by atoms with Crippen LogP contribution in [0.2, 0.25) is 0 Å². The van der Waals surface area contributed by atoms with Gasteiger partial charge in [0, 0.05) is 37.0 Å². The minimum absolute atomic E-state index is 0.00444. The zero-order valence-corrected chi connectivity index (χ0v) is 24.8. The molecule has 1 fully saturated rings. The highest BCUT2D eigenvalue weighted by Crippen LogP contribution is 2.54. The van der Waals surface area contributed by atoms with Crippen LogP contribution in [0.3, 0.4) is 0 Å². The molecule has 2 unspecified atom stereocenters. The van der Waals surface area contributed by atoms with Crippen molar-refractivity contribution in [3.05, 3.63) is 64.4 Å². The number of aromatic hydroxyl groups is 1. The Labute approximate surface area is 253 Å². The predicted molar refractivity (Wildman–Crippen MR) is 165 cm³/mol. The zero-order chi connectivity index (χ0) is 31.5. The maximum absolute atomic E-state index is 14.1. The number of ketones is 2. The molecule has 0 aromatic heterocycles. The van der Waals surface area contributed by atoms with Crippen LogP contribution in [0.1, 0.15) is 17.5 Å². The number of phenols is 1. The Morgan fingerprint density at radius 2 is 1.72 bits per heavy atom. The molecule has 3 aliphatic carbocycles. The number of benzene rings is 2. The van der Waals surface area contributed by atoms with Crippen molar-refractivity contribution in [2.75, 3.05) is 43.7 Å². The second kappa shape index (κ2) is 10.7. The summed E-state index contributed by atoms with van der Waals surface area (Å²) in [6.45, 7) is 0. The van der Waals surface area contributed by atoms with Gasteiger partial charge in [0.1, 0.15) is 22.8 Å². The van der Waals surface area contributed by atoms with Gasteiger partial charge >= 0.3 is 0 Å². The first-order valence-corrected chi connectivity index (χ1v) is 13.9. The number of carbonyl (C=O) groups excluding carboxylic acids is 3. The van der Waals surface area contributed by atoms with Gasteiger partial charge in [0.15, 0.2) is 16.5 Å². The third kappa shape index (κ3) is 4.60. The molecular weight excluding hydrogens is 574 g/mol. The first kappa shape index (κ1) is 30.0. The molecule has 0 saturated heterocycles. The van der Waals surface area contributed by atoms with Crippen LogP contribution < -0.4 is 21.3 Å². The molecule has 0 spiro atoms. The van der Waals surface area contributed by atoms with Gasteiger partial charge in [0.25, 0.3) is 5.91 Å². The number of likely N-dealkylation sites (N-methyl/N-ethyl adjacent to an activating group) is 1. The van der Waals surface area contributed by atoms with Crippen molar-refractivity contribution in [1.29, 1.82) is 0 Å². The number of nitrogens with one attached hydrogen (secondary N) is 2. The van der Waals surface area contributed by atoms with Gasteiger partial charge < -0.3 is 41.7 Å². The average Bonchev–Trinajstić information content (AvgIpc) is 2.92. The lowest BCUT2D eigenvalue weighted by Gasteiger charge is -2.50. The number of thiocarbonyl (C=S) groups is 1. The molecule has 0 aliphatic heterocycles. The van der Waals surface area contributed by atoms with Gasteiger partial charge in [-0.3, -0.25) is 19.3 Å². The van der Waals surface area contributed by atoms with Gasteiger partial charge in [0.2, 0.25) is 5.78 Å². The molecular formula is C30H33N5O7S. The molecule has 13 heteroatoms. The van der Waals surface area contributed by atoms with Gasteiger partial charge in [-0.1, -0.05) is 18.2 Å². The maximum atomic E-state index is 14.1. The number of amides is 1. The first-order valence-electron chi connectivity index (χ1n) is 13.5. The summed E-state index contributed by atoms with van der Waals surface area (Å²) in [4.78, 5) is 42.8. The molecule has 2 aromatic carbocycles. The number of phenolic OH excluding ortho intramolecular Hbond substituents is 1. The van der Waals surface area contributed by atoms with Gasteiger partial charge in [0.05, 0.1) is 17.3 Å². The largest absolute Gasteiger partial charge is 0.508 e. The number of fused-ring (bicyclic) bond motifs is 3. The SMILES string of the molecule is CN(C)c1cc(NC(=S)Nc2ccccc2)c(O)c2c1CC1CC3[C@H](N(C)C)C(=O)C(C(N)=O)=C(O)[C@@]3(O)C(=O)C1=C2O. The van der Waals surface area contributed by atoms with Crippen molar-refractivity contribution in [2.24, 2.45) is 17.6 Å². The zero-order valence-electron chi connectivity index (χ0n) is 24.0. The number of aliphatic hydroxyl groups excluding tert-OH is 2. The second-order valence-electron chi connectivity index (χ2n) is 11.4. The number of anilines is 3. The highest BCUT2D eigenvalue weighted by Gasteiger charge is 2.64. The molecule has 0 bridgehead atoms. The number of aliphatic hydroxyl groups is 3. The summed E-state index contributed by atoms with van der Waals surface area (Å²) in [5, 5.41) is 52.0. The van der Waals surface area contributed by atoms with Crippen LogP contribution in [0.4, 0.5) is 17.1 Å². The first-order chi connectivity index (χ1) is 20.2. The molecule has 43 heavy (non-hydrogen) atoms. The topological polar surface area (TPSA) is 189 Å². The fourth-order valence-electron chi connectivity index (χ4n) is 6.59. The third-order valence-corrected chi connectivity index (χ3v) is 8.66. The second-order valence-corrected chi connectivity index (χ2v) is 11.9. The third-order valence-electron chi connectivity index (χ3n) is 8.46. The lowest BCUT2D eigenvalue weighted by Crippen LogP contribution is -2.65. The van der Waals surface area contributed by atoms with Crippen LogP contribution in [0, 0.1) is 11.8 Å². The smallest absolute Gasteiger partial charge is 0.255 e. The number of hydrogen-bond acceptors (Lipinski definition) is 10. The van der Waals surface area contributed by atoms with Gasteiger partial charge in [-0.2, -0.15) is 0 Å². The Morgan fingerprint density at radius 3 is 2.30 bits per heavy atom. The number of hydrogen-bond donors (Lipinski definition) is 7. The maximum Gasteiger partial charge on any atom is 0.255 e. The number of Topliss-reactive ketones (excluding diaryl/α,β-unsaturated/α-hetero) is 2. The van der Waals surface area contributed by atoms with Crippen molar-refractivity contribution >= 4 is 57.6 Å². The number of carbonyl (C=O) groups is 3. The molecule has 3 aliphatic rings. The van der Waals surface area contributed by atoms with E-state index in [1.807, 2.05) is 30.3 Å². The van der Waals surface area contributed by atoms with E-state index in [4.69, 9.17) is 18.0 Å². The summed E-state index contributed by atoms with van der Waals surface area (Å²) in [6, 6.07) is 9.65. The lowest BCUT2D eigenvalue weighted by molar-refractivity contribution is -0.153. The summed E-state index contributed by atoms with van der Waals surface area (Å²) < 4.78 is 0. The molecule has 4 atom stereocenters. The normalized spacial score (nSPS) is 24.7. The van der Waals surface area contributed by atoms with Crippen molar-refractivity contribution in [2.45, 2.75) is 24.5 Å². The van der Waals surface area contributed by atoms with E-state index in [1.54, 1.807) is 39.2 Å². The van der Waals surface area contributed by atoms with E-state index in [-0.39, 0.29) is 40.5 Å². The Hall–Kier alpha value is -4.46. The Bertz CT molecular complexity index is 1630. The molecule has 0 radical (unpaired) electrons. The van der Waals surface area contributed by atoms with Crippen molar-refractivity contribution < 1.29 is 34.8 Å². The van der Waals surface area contributed by atoms with Crippen molar-refractivity contribution in [3.63, 3.8) is 0 Å². The van der Waals surface area contributed by atoms with E-state index >= 15 is 0 Å². The summed E-state index contributed by atoms with van der Waals surface area (Å²) >= 11 is 5.44. The van der Waals surface area contributed by atoms with Crippen molar-refractivity contribution in [3.8, 4) is 5.75 Å². The highest BCUT2D eigenvalue weighted by atomic mass is 32.1. The number of rotatable bonds is 5.